The minimum atomic E-state index is -1.07. The van der Waals surface area contributed by atoms with Gasteiger partial charge in [0, 0.05) is 48.8 Å². The third-order valence-electron chi connectivity index (χ3n) is 4.66. The van der Waals surface area contributed by atoms with Gasteiger partial charge < -0.3 is 20.2 Å². The molecule has 1 aliphatic rings. The summed E-state index contributed by atoms with van der Waals surface area (Å²) in [6, 6.07) is 11.7. The van der Waals surface area contributed by atoms with E-state index in [1.54, 1.807) is 41.3 Å². The first kappa shape index (κ1) is 19.9. The SMILES string of the molecule is CC(=O)N1CCN(c2ccc(NC(=O)c3ccc(Br)cc3)cc2C(=O)O)CC1. The summed E-state index contributed by atoms with van der Waals surface area (Å²) >= 11 is 3.32. The zero-order valence-corrected chi connectivity index (χ0v) is 16.9. The summed E-state index contributed by atoms with van der Waals surface area (Å²) in [5.41, 5.74) is 1.59. The summed E-state index contributed by atoms with van der Waals surface area (Å²) in [6.45, 7) is 3.75. The first-order valence-electron chi connectivity index (χ1n) is 8.80. The molecular formula is C20H20BrN3O4. The van der Waals surface area contributed by atoms with Gasteiger partial charge in [0.15, 0.2) is 0 Å². The minimum absolute atomic E-state index is 0.0177. The Morgan fingerprint density at radius 3 is 2.21 bits per heavy atom. The molecule has 1 saturated heterocycles. The predicted molar refractivity (Wildman–Crippen MR) is 110 cm³/mol. The molecule has 2 aromatic carbocycles. The number of carbonyl (C=O) groups excluding carboxylic acids is 2. The molecule has 28 heavy (non-hydrogen) atoms. The number of anilines is 2. The summed E-state index contributed by atoms with van der Waals surface area (Å²) in [6.07, 6.45) is 0. The molecule has 146 valence electrons. The monoisotopic (exact) mass is 445 g/mol. The van der Waals surface area contributed by atoms with Crippen LogP contribution in [0.25, 0.3) is 0 Å². The van der Waals surface area contributed by atoms with Gasteiger partial charge >= 0.3 is 5.97 Å². The highest BCUT2D eigenvalue weighted by Crippen LogP contribution is 2.26. The normalized spacial score (nSPS) is 13.9. The molecule has 0 unspecified atom stereocenters. The number of carbonyl (C=O) groups is 3. The molecule has 0 spiro atoms. The van der Waals surface area contributed by atoms with Gasteiger partial charge in [-0.3, -0.25) is 9.59 Å². The van der Waals surface area contributed by atoms with Gasteiger partial charge in [-0.05, 0) is 42.5 Å². The lowest BCUT2D eigenvalue weighted by Gasteiger charge is -2.36. The summed E-state index contributed by atoms with van der Waals surface area (Å²) in [5.74, 6) is -1.36. The second kappa shape index (κ2) is 8.43. The van der Waals surface area contributed by atoms with E-state index in [0.29, 0.717) is 43.1 Å². The van der Waals surface area contributed by atoms with Crippen molar-refractivity contribution < 1.29 is 19.5 Å². The molecule has 2 amide bonds. The van der Waals surface area contributed by atoms with Crippen LogP contribution in [-0.2, 0) is 4.79 Å². The van der Waals surface area contributed by atoms with Gasteiger partial charge in [0.1, 0.15) is 0 Å². The van der Waals surface area contributed by atoms with Gasteiger partial charge in [0.2, 0.25) is 5.91 Å². The van der Waals surface area contributed by atoms with Crippen molar-refractivity contribution in [2.75, 3.05) is 36.4 Å². The van der Waals surface area contributed by atoms with Crippen molar-refractivity contribution >= 4 is 45.1 Å². The fraction of sp³-hybridized carbons (Fsp3) is 0.250. The van der Waals surface area contributed by atoms with Crippen molar-refractivity contribution in [1.29, 1.82) is 0 Å². The number of nitrogens with zero attached hydrogens (tertiary/aromatic N) is 2. The van der Waals surface area contributed by atoms with Gasteiger partial charge in [-0.2, -0.15) is 0 Å². The second-order valence-electron chi connectivity index (χ2n) is 6.49. The van der Waals surface area contributed by atoms with Crippen LogP contribution in [0.3, 0.4) is 0 Å². The van der Waals surface area contributed by atoms with Crippen molar-refractivity contribution in [3.05, 3.63) is 58.1 Å². The van der Waals surface area contributed by atoms with E-state index in [1.165, 1.54) is 13.0 Å². The molecule has 0 aliphatic carbocycles. The number of carboxylic acids is 1. The van der Waals surface area contributed by atoms with Crippen LogP contribution in [0.1, 0.15) is 27.6 Å². The highest BCUT2D eigenvalue weighted by molar-refractivity contribution is 9.10. The van der Waals surface area contributed by atoms with E-state index < -0.39 is 5.97 Å². The molecule has 1 fully saturated rings. The number of halogens is 1. The fourth-order valence-electron chi connectivity index (χ4n) is 3.13. The number of rotatable bonds is 4. The lowest BCUT2D eigenvalue weighted by atomic mass is 10.1. The van der Waals surface area contributed by atoms with Crippen molar-refractivity contribution in [3.8, 4) is 0 Å². The zero-order chi connectivity index (χ0) is 20.3. The Morgan fingerprint density at radius 1 is 1.00 bits per heavy atom. The predicted octanol–water partition coefficient (Wildman–Crippen LogP) is 3.07. The summed E-state index contributed by atoms with van der Waals surface area (Å²) in [4.78, 5) is 39.3. The van der Waals surface area contributed by atoms with Crippen LogP contribution in [0, 0.1) is 0 Å². The molecule has 2 aromatic rings. The molecular weight excluding hydrogens is 426 g/mol. The number of piperazine rings is 1. The zero-order valence-electron chi connectivity index (χ0n) is 15.3. The standard InChI is InChI=1S/C20H20BrN3O4/c1-13(25)23-8-10-24(11-9-23)18-7-6-16(12-17(18)20(27)28)22-19(26)14-2-4-15(21)5-3-14/h2-7,12H,8-11H2,1H3,(H,22,26)(H,27,28). The molecule has 0 aromatic heterocycles. The lowest BCUT2D eigenvalue weighted by Crippen LogP contribution is -2.48. The lowest BCUT2D eigenvalue weighted by molar-refractivity contribution is -0.129. The molecule has 1 aliphatic heterocycles. The maximum absolute atomic E-state index is 12.4. The molecule has 2 N–H and O–H groups in total. The van der Waals surface area contributed by atoms with Crippen LogP contribution >= 0.6 is 15.9 Å². The molecule has 0 atom stereocenters. The highest BCUT2D eigenvalue weighted by atomic mass is 79.9. The largest absolute Gasteiger partial charge is 0.478 e. The van der Waals surface area contributed by atoms with Crippen molar-refractivity contribution in [3.63, 3.8) is 0 Å². The molecule has 0 bridgehead atoms. The number of aromatic carboxylic acids is 1. The smallest absolute Gasteiger partial charge is 0.337 e. The van der Waals surface area contributed by atoms with Crippen molar-refractivity contribution in [2.45, 2.75) is 6.92 Å². The Bertz CT molecular complexity index is 906. The summed E-state index contributed by atoms with van der Waals surface area (Å²) < 4.78 is 0.867. The molecule has 7 nitrogen and oxygen atoms in total. The third-order valence-corrected chi connectivity index (χ3v) is 5.19. The van der Waals surface area contributed by atoms with E-state index in [-0.39, 0.29) is 17.4 Å². The summed E-state index contributed by atoms with van der Waals surface area (Å²) in [7, 11) is 0. The Kier molecular flexibility index (Phi) is 5.99. The van der Waals surface area contributed by atoms with E-state index in [4.69, 9.17) is 0 Å². The maximum atomic E-state index is 12.4. The van der Waals surface area contributed by atoms with Gasteiger partial charge in [0.05, 0.1) is 11.3 Å². The third kappa shape index (κ3) is 4.51. The van der Waals surface area contributed by atoms with E-state index in [2.05, 4.69) is 21.2 Å². The summed E-state index contributed by atoms with van der Waals surface area (Å²) in [5, 5.41) is 12.4. The van der Waals surface area contributed by atoms with Crippen LogP contribution in [0.4, 0.5) is 11.4 Å². The van der Waals surface area contributed by atoms with Gasteiger partial charge in [0.25, 0.3) is 5.91 Å². The van der Waals surface area contributed by atoms with E-state index in [1.807, 2.05) is 4.90 Å². The Hall–Kier alpha value is -2.87. The van der Waals surface area contributed by atoms with Crippen LogP contribution in [0.15, 0.2) is 46.9 Å². The Morgan fingerprint density at radius 2 is 1.64 bits per heavy atom. The average Bonchev–Trinajstić information content (AvgIpc) is 2.68. The van der Waals surface area contributed by atoms with E-state index in [0.717, 1.165) is 4.47 Å². The molecule has 0 saturated carbocycles. The number of carboxylic acid groups (broad SMARTS) is 1. The average molecular weight is 446 g/mol. The molecule has 3 rings (SSSR count). The first-order chi connectivity index (χ1) is 13.3. The Labute approximate surface area is 171 Å². The fourth-order valence-corrected chi connectivity index (χ4v) is 3.39. The molecule has 0 radical (unpaired) electrons. The number of benzene rings is 2. The van der Waals surface area contributed by atoms with Gasteiger partial charge in [-0.25, -0.2) is 4.79 Å². The molecule has 8 heteroatoms. The van der Waals surface area contributed by atoms with Gasteiger partial charge in [-0.1, -0.05) is 15.9 Å². The van der Waals surface area contributed by atoms with E-state index in [9.17, 15) is 19.5 Å². The highest BCUT2D eigenvalue weighted by Gasteiger charge is 2.23. The van der Waals surface area contributed by atoms with Crippen molar-refractivity contribution in [2.24, 2.45) is 0 Å². The quantitative estimate of drug-likeness (QED) is 0.754. The number of nitrogens with one attached hydrogen (secondary N) is 1. The number of hydrogen-bond acceptors (Lipinski definition) is 4. The first-order valence-corrected chi connectivity index (χ1v) is 9.59. The minimum Gasteiger partial charge on any atom is -0.478 e. The Balaban J connectivity index is 1.78. The van der Waals surface area contributed by atoms with Gasteiger partial charge in [-0.15, -0.1) is 0 Å². The number of amides is 2. The van der Waals surface area contributed by atoms with Crippen molar-refractivity contribution in [1.82, 2.24) is 4.90 Å². The van der Waals surface area contributed by atoms with Crippen LogP contribution < -0.4 is 10.2 Å². The van der Waals surface area contributed by atoms with Crippen LogP contribution in [0.5, 0.6) is 0 Å². The molecule has 1 heterocycles. The van der Waals surface area contributed by atoms with Crippen LogP contribution in [-0.4, -0.2) is 54.0 Å². The number of hydrogen-bond donors (Lipinski definition) is 2. The second-order valence-corrected chi connectivity index (χ2v) is 7.41. The maximum Gasteiger partial charge on any atom is 0.337 e. The van der Waals surface area contributed by atoms with E-state index >= 15 is 0 Å². The topological polar surface area (TPSA) is 90.0 Å². The van der Waals surface area contributed by atoms with Crippen LogP contribution in [0.2, 0.25) is 0 Å².